The van der Waals surface area contributed by atoms with Crippen molar-refractivity contribution < 1.29 is 42.5 Å². The van der Waals surface area contributed by atoms with Crippen LogP contribution < -0.4 is 29.6 Å². The molecule has 23 heavy (non-hydrogen) atoms. The third-order valence-electron chi connectivity index (χ3n) is 3.92. The summed E-state index contributed by atoms with van der Waals surface area (Å²) in [6, 6.07) is 20.3. The van der Waals surface area contributed by atoms with E-state index in [0.29, 0.717) is 5.39 Å². The molecule has 0 N–H and O–H groups in total. The fraction of sp³-hybridized carbons (Fsp3) is 0.111. The van der Waals surface area contributed by atoms with E-state index in [0.717, 1.165) is 16.5 Å². The van der Waals surface area contributed by atoms with Crippen molar-refractivity contribution in [3.05, 3.63) is 77.9 Å². The monoisotopic (exact) mass is 334 g/mol. The van der Waals surface area contributed by atoms with E-state index in [1.54, 1.807) is 12.1 Å². The molecule has 0 radical (unpaired) electrons. The Morgan fingerprint density at radius 2 is 1.48 bits per heavy atom. The predicted octanol–water partition coefficient (Wildman–Crippen LogP) is 0.900. The molecule has 0 aliphatic carbocycles. The Morgan fingerprint density at radius 3 is 2.13 bits per heavy atom. The molecule has 5 heteroatoms. The van der Waals surface area contributed by atoms with Crippen LogP contribution in [-0.4, -0.2) is 13.0 Å². The van der Waals surface area contributed by atoms with Crippen molar-refractivity contribution in [1.82, 2.24) is 0 Å². The van der Waals surface area contributed by atoms with Crippen molar-refractivity contribution in [2.24, 2.45) is 0 Å². The first-order chi connectivity index (χ1) is 10.5. The van der Waals surface area contributed by atoms with Gasteiger partial charge in [-0.15, -0.1) is 0 Å². The van der Waals surface area contributed by atoms with Crippen molar-refractivity contribution in [1.29, 1.82) is 0 Å². The molecular weight excluding hydrogens is 319 g/mol. The van der Waals surface area contributed by atoms with E-state index in [9.17, 15) is 13.0 Å². The second-order valence-corrected chi connectivity index (χ2v) is 6.67. The second-order valence-electron chi connectivity index (χ2n) is 5.33. The normalized spacial score (nSPS) is 12.6. The van der Waals surface area contributed by atoms with Gasteiger partial charge in [0.25, 0.3) is 0 Å². The van der Waals surface area contributed by atoms with Crippen molar-refractivity contribution in [3.8, 4) is 0 Å². The number of benzene rings is 3. The van der Waals surface area contributed by atoms with Gasteiger partial charge in [0.2, 0.25) is 0 Å². The van der Waals surface area contributed by atoms with E-state index in [2.05, 4.69) is 0 Å². The van der Waals surface area contributed by atoms with Crippen molar-refractivity contribution in [3.63, 3.8) is 0 Å². The molecule has 3 rings (SSSR count). The zero-order valence-corrected chi connectivity index (χ0v) is 15.9. The summed E-state index contributed by atoms with van der Waals surface area (Å²) in [5.74, 6) is 0.00584. The Bertz CT molecular complexity index is 921. The molecule has 3 aromatic carbocycles. The Hall–Kier alpha value is -1.17. The molecular formula is C18H15NaO3S. The van der Waals surface area contributed by atoms with Gasteiger partial charge in [-0.05, 0) is 28.0 Å². The Labute approximate surface area is 158 Å². The summed E-state index contributed by atoms with van der Waals surface area (Å²) >= 11 is 0. The summed E-state index contributed by atoms with van der Waals surface area (Å²) in [4.78, 5) is -0.150. The van der Waals surface area contributed by atoms with Gasteiger partial charge in [-0.3, -0.25) is 0 Å². The Balaban J connectivity index is 0.00000192. The van der Waals surface area contributed by atoms with Gasteiger partial charge in [-0.25, -0.2) is 8.42 Å². The van der Waals surface area contributed by atoms with E-state index in [1.165, 1.54) is 6.07 Å². The van der Waals surface area contributed by atoms with Crippen LogP contribution in [0, 0.1) is 0 Å². The van der Waals surface area contributed by atoms with Crippen LogP contribution in [0.15, 0.2) is 71.6 Å². The largest absolute Gasteiger partial charge is 1.00 e. The van der Waals surface area contributed by atoms with Gasteiger partial charge in [-0.2, -0.15) is 0 Å². The van der Waals surface area contributed by atoms with E-state index in [1.807, 2.05) is 55.5 Å². The van der Waals surface area contributed by atoms with Crippen LogP contribution in [0.3, 0.4) is 0 Å². The Kier molecular flexibility index (Phi) is 5.65. The molecule has 3 nitrogen and oxygen atoms in total. The molecule has 1 atom stereocenters. The van der Waals surface area contributed by atoms with Crippen LogP contribution in [0.25, 0.3) is 10.8 Å². The van der Waals surface area contributed by atoms with E-state index in [-0.39, 0.29) is 40.4 Å². The summed E-state index contributed by atoms with van der Waals surface area (Å²) in [6.45, 7) is 2.00. The van der Waals surface area contributed by atoms with Gasteiger partial charge in [0.1, 0.15) is 10.1 Å². The molecule has 0 saturated heterocycles. The van der Waals surface area contributed by atoms with E-state index < -0.39 is 10.1 Å². The van der Waals surface area contributed by atoms with Crippen LogP contribution in [-0.2, 0) is 10.1 Å². The first kappa shape index (κ1) is 18.2. The van der Waals surface area contributed by atoms with Gasteiger partial charge < -0.3 is 4.55 Å². The molecule has 112 valence electrons. The van der Waals surface area contributed by atoms with Gasteiger partial charge in [0.15, 0.2) is 0 Å². The standard InChI is InChI=1S/C18H16O3S.Na/c1-13(14-7-3-2-4-8-14)16-11-15-9-5-6-10-17(15)18(12-16)22(19,20)21;/h2-13H,1H3,(H,19,20,21);/q;+1/p-1. The zero-order chi connectivity index (χ0) is 15.7. The molecule has 0 saturated carbocycles. The minimum absolute atomic E-state index is 0. The average Bonchev–Trinajstić information content (AvgIpc) is 2.53. The summed E-state index contributed by atoms with van der Waals surface area (Å²) in [5, 5.41) is 1.23. The summed E-state index contributed by atoms with van der Waals surface area (Å²) in [6.07, 6.45) is 0. The third-order valence-corrected chi connectivity index (χ3v) is 4.79. The second kappa shape index (κ2) is 7.16. The third kappa shape index (κ3) is 3.84. The number of hydrogen-bond acceptors (Lipinski definition) is 3. The average molecular weight is 334 g/mol. The molecule has 1 unspecified atom stereocenters. The van der Waals surface area contributed by atoms with Crippen molar-refractivity contribution >= 4 is 20.9 Å². The minimum atomic E-state index is -4.52. The van der Waals surface area contributed by atoms with Gasteiger partial charge in [0, 0.05) is 5.92 Å². The number of hydrogen-bond donors (Lipinski definition) is 0. The number of rotatable bonds is 3. The maximum absolute atomic E-state index is 11.6. The van der Waals surface area contributed by atoms with E-state index >= 15 is 0 Å². The van der Waals surface area contributed by atoms with Crippen LogP contribution in [0.1, 0.15) is 24.0 Å². The van der Waals surface area contributed by atoms with Crippen LogP contribution in [0.2, 0.25) is 0 Å². The first-order valence-corrected chi connectivity index (χ1v) is 8.41. The molecule has 0 aliphatic rings. The fourth-order valence-corrected chi connectivity index (χ4v) is 3.42. The summed E-state index contributed by atoms with van der Waals surface area (Å²) in [7, 11) is -4.52. The summed E-state index contributed by atoms with van der Waals surface area (Å²) in [5.41, 5.74) is 1.89. The van der Waals surface area contributed by atoms with Crippen LogP contribution in [0.4, 0.5) is 0 Å². The first-order valence-electron chi connectivity index (χ1n) is 7.00. The van der Waals surface area contributed by atoms with Crippen molar-refractivity contribution in [2.45, 2.75) is 17.7 Å². The molecule has 3 aromatic rings. The molecule has 0 bridgehead atoms. The predicted molar refractivity (Wildman–Crippen MR) is 85.9 cm³/mol. The van der Waals surface area contributed by atoms with Crippen LogP contribution >= 0.6 is 0 Å². The van der Waals surface area contributed by atoms with Crippen molar-refractivity contribution in [2.75, 3.05) is 0 Å². The van der Waals surface area contributed by atoms with E-state index in [4.69, 9.17) is 0 Å². The summed E-state index contributed by atoms with van der Waals surface area (Å²) < 4.78 is 34.8. The molecule has 0 heterocycles. The van der Waals surface area contributed by atoms with Gasteiger partial charge in [-0.1, -0.05) is 67.6 Å². The number of fused-ring (bicyclic) bond motifs is 1. The quantitative estimate of drug-likeness (QED) is 0.528. The minimum Gasteiger partial charge on any atom is -0.744 e. The SMILES string of the molecule is CC(c1ccccc1)c1cc(S(=O)(=O)[O-])c2ccccc2c1.[Na+]. The molecule has 0 amide bonds. The fourth-order valence-electron chi connectivity index (χ4n) is 2.69. The van der Waals surface area contributed by atoms with Gasteiger partial charge >= 0.3 is 29.6 Å². The molecule has 0 fully saturated rings. The maximum atomic E-state index is 11.6. The van der Waals surface area contributed by atoms with Crippen LogP contribution in [0.5, 0.6) is 0 Å². The maximum Gasteiger partial charge on any atom is 1.00 e. The Morgan fingerprint density at radius 1 is 0.870 bits per heavy atom. The molecule has 0 aromatic heterocycles. The zero-order valence-electron chi connectivity index (χ0n) is 13.1. The molecule has 0 spiro atoms. The topological polar surface area (TPSA) is 57.2 Å². The smallest absolute Gasteiger partial charge is 0.744 e. The molecule has 0 aliphatic heterocycles. The van der Waals surface area contributed by atoms with Gasteiger partial charge in [0.05, 0.1) is 4.90 Å².